The number of halogens is 1. The van der Waals surface area contributed by atoms with Crippen LogP contribution in [0.4, 0.5) is 0 Å². The van der Waals surface area contributed by atoms with Crippen molar-refractivity contribution in [1.29, 1.82) is 0 Å². The second-order valence-corrected chi connectivity index (χ2v) is 7.85. The summed E-state index contributed by atoms with van der Waals surface area (Å²) in [7, 11) is 0. The molecule has 1 heterocycles. The third kappa shape index (κ3) is 3.78. The highest BCUT2D eigenvalue weighted by atomic mass is 35.5. The predicted octanol–water partition coefficient (Wildman–Crippen LogP) is 5.00. The van der Waals surface area contributed by atoms with Crippen LogP contribution >= 0.6 is 23.4 Å². The molecule has 0 spiro atoms. The van der Waals surface area contributed by atoms with Crippen LogP contribution in [0, 0.1) is 0 Å². The maximum Gasteiger partial charge on any atom is 0.161 e. The molecule has 138 valence electrons. The Bertz CT molecular complexity index is 750. The highest BCUT2D eigenvalue weighted by Crippen LogP contribution is 2.44. The summed E-state index contributed by atoms with van der Waals surface area (Å²) in [5, 5.41) is 13.5. The van der Waals surface area contributed by atoms with Crippen molar-refractivity contribution in [3.63, 3.8) is 0 Å². The molecule has 2 atom stereocenters. The molecule has 26 heavy (non-hydrogen) atoms. The highest BCUT2D eigenvalue weighted by molar-refractivity contribution is 8.14. The number of hydrogen-bond donors (Lipinski definition) is 1. The van der Waals surface area contributed by atoms with Crippen LogP contribution in [0.25, 0.3) is 0 Å². The van der Waals surface area contributed by atoms with Gasteiger partial charge in [-0.25, -0.2) is 0 Å². The summed E-state index contributed by atoms with van der Waals surface area (Å²) in [6.45, 7) is 5.68. The number of benzene rings is 2. The lowest BCUT2D eigenvalue weighted by molar-refractivity contribution is -0.0532. The number of amidine groups is 1. The Hall–Kier alpha value is -1.49. The van der Waals surface area contributed by atoms with E-state index >= 15 is 0 Å². The van der Waals surface area contributed by atoms with Gasteiger partial charge in [-0.2, -0.15) is 0 Å². The molecule has 1 aliphatic heterocycles. The number of thioether (sulfide) groups is 1. The first kappa shape index (κ1) is 19.3. The quantitative estimate of drug-likeness (QED) is 0.756. The van der Waals surface area contributed by atoms with Gasteiger partial charge in [0.2, 0.25) is 0 Å². The van der Waals surface area contributed by atoms with Gasteiger partial charge >= 0.3 is 0 Å². The summed E-state index contributed by atoms with van der Waals surface area (Å²) in [5.41, 5.74) is 1.12. The van der Waals surface area contributed by atoms with Gasteiger partial charge in [0.15, 0.2) is 10.9 Å². The Morgan fingerprint density at radius 2 is 1.77 bits per heavy atom. The van der Waals surface area contributed by atoms with E-state index in [9.17, 15) is 5.11 Å². The van der Waals surface area contributed by atoms with Crippen LogP contribution in [0.5, 0.6) is 0 Å². The van der Waals surface area contributed by atoms with E-state index in [1.54, 1.807) is 11.8 Å². The van der Waals surface area contributed by atoms with Gasteiger partial charge in [-0.1, -0.05) is 72.8 Å². The van der Waals surface area contributed by atoms with E-state index in [1.165, 1.54) is 0 Å². The zero-order chi connectivity index (χ0) is 18.6. The first-order valence-electron chi connectivity index (χ1n) is 9.07. The van der Waals surface area contributed by atoms with Crippen LogP contribution in [-0.2, 0) is 0 Å². The van der Waals surface area contributed by atoms with E-state index in [4.69, 9.17) is 16.6 Å². The summed E-state index contributed by atoms with van der Waals surface area (Å²) in [6, 6.07) is 18.0. The Morgan fingerprint density at radius 1 is 1.12 bits per heavy atom. The van der Waals surface area contributed by atoms with Crippen LogP contribution < -0.4 is 0 Å². The van der Waals surface area contributed by atoms with Gasteiger partial charge in [-0.3, -0.25) is 4.99 Å². The summed E-state index contributed by atoms with van der Waals surface area (Å²) in [4.78, 5) is 6.75. The Labute approximate surface area is 165 Å². The lowest BCUT2D eigenvalue weighted by Crippen LogP contribution is -2.52. The lowest BCUT2D eigenvalue weighted by Gasteiger charge is -2.40. The summed E-state index contributed by atoms with van der Waals surface area (Å²) in [5.74, 6) is 0.411. The second-order valence-electron chi connectivity index (χ2n) is 6.47. The minimum Gasteiger partial charge on any atom is -0.369 e. The molecule has 0 aromatic heterocycles. The number of nitrogens with zero attached hydrogens (tertiary/aromatic N) is 2. The van der Waals surface area contributed by atoms with E-state index in [0.29, 0.717) is 17.3 Å². The van der Waals surface area contributed by atoms with Crippen LogP contribution in [0.3, 0.4) is 0 Å². The number of rotatable bonds is 6. The zero-order valence-corrected chi connectivity index (χ0v) is 16.8. The average molecular weight is 389 g/mol. The largest absolute Gasteiger partial charge is 0.369 e. The first-order valence-corrected chi connectivity index (χ1v) is 10.4. The van der Waals surface area contributed by atoms with E-state index in [2.05, 4.69) is 30.9 Å². The third-order valence-electron chi connectivity index (χ3n) is 4.70. The average Bonchev–Trinajstić information content (AvgIpc) is 2.98. The fourth-order valence-corrected chi connectivity index (χ4v) is 4.92. The molecule has 0 aliphatic carbocycles. The van der Waals surface area contributed by atoms with Crippen LogP contribution in [0.2, 0.25) is 5.02 Å². The fourth-order valence-electron chi connectivity index (χ4n) is 3.51. The molecular formula is C21H25ClN2OS. The number of hydrogen-bond acceptors (Lipinski definition) is 3. The van der Waals surface area contributed by atoms with Gasteiger partial charge in [0.25, 0.3) is 0 Å². The van der Waals surface area contributed by atoms with Gasteiger partial charge < -0.3 is 10.0 Å². The van der Waals surface area contributed by atoms with Crippen molar-refractivity contribution in [2.45, 2.75) is 31.9 Å². The molecule has 5 heteroatoms. The molecule has 3 rings (SSSR count). The van der Waals surface area contributed by atoms with Crippen molar-refractivity contribution in [1.82, 2.24) is 4.90 Å². The highest BCUT2D eigenvalue weighted by Gasteiger charge is 2.49. The van der Waals surface area contributed by atoms with Crippen molar-refractivity contribution in [3.05, 3.63) is 70.7 Å². The number of likely N-dealkylation sites (N-methyl/N-ethyl adjacent to an activating group) is 1. The molecule has 2 aromatic rings. The summed E-state index contributed by atoms with van der Waals surface area (Å²) >= 11 is 7.74. The van der Waals surface area contributed by atoms with Gasteiger partial charge in [-0.05, 0) is 36.6 Å². The molecular weight excluding hydrogens is 364 g/mol. The Kier molecular flexibility index (Phi) is 6.28. The second kappa shape index (κ2) is 8.47. The molecule has 1 saturated heterocycles. The molecule has 3 nitrogen and oxygen atoms in total. The number of aliphatic imine (C=N–C) groups is 1. The van der Waals surface area contributed by atoms with Crippen molar-refractivity contribution in [2.24, 2.45) is 4.99 Å². The van der Waals surface area contributed by atoms with Crippen molar-refractivity contribution >= 4 is 28.5 Å². The lowest BCUT2D eigenvalue weighted by atomic mass is 9.82. The molecule has 1 fully saturated rings. The van der Waals surface area contributed by atoms with Crippen molar-refractivity contribution in [3.8, 4) is 0 Å². The predicted molar refractivity (Wildman–Crippen MR) is 112 cm³/mol. The molecule has 0 amide bonds. The van der Waals surface area contributed by atoms with Gasteiger partial charge in [0.1, 0.15) is 0 Å². The number of aliphatic hydroxyl groups is 1. The van der Waals surface area contributed by atoms with E-state index in [-0.39, 0.29) is 5.92 Å². The fraction of sp³-hybridized carbons (Fsp3) is 0.381. The standard InChI is InChI=1S/C21H25ClN2OS/c1-3-14-23-20-24(4-2)21(25,15-26-20)19(16-8-6-5-7-9-16)17-10-12-18(22)13-11-17/h5-13,19,25H,3-4,14-15H2,1-2H3/b23-20-. The molecule has 0 radical (unpaired) electrons. The molecule has 0 saturated carbocycles. The maximum atomic E-state index is 11.8. The molecule has 0 bridgehead atoms. The normalized spacial score (nSPS) is 22.8. The molecule has 1 aliphatic rings. The topological polar surface area (TPSA) is 35.8 Å². The molecule has 2 aromatic carbocycles. The van der Waals surface area contributed by atoms with Crippen molar-refractivity contribution in [2.75, 3.05) is 18.8 Å². The van der Waals surface area contributed by atoms with E-state index in [0.717, 1.165) is 29.3 Å². The van der Waals surface area contributed by atoms with Crippen molar-refractivity contribution < 1.29 is 5.11 Å². The molecule has 2 unspecified atom stereocenters. The Morgan fingerprint density at radius 3 is 2.38 bits per heavy atom. The maximum absolute atomic E-state index is 11.8. The minimum atomic E-state index is -1.03. The SMILES string of the molecule is CCC/N=C1\SCC(O)(C(c2ccccc2)c2ccc(Cl)cc2)N1CC. The van der Waals surface area contributed by atoms with Crippen LogP contribution in [0.1, 0.15) is 37.3 Å². The zero-order valence-electron chi connectivity index (χ0n) is 15.2. The third-order valence-corrected chi connectivity index (χ3v) is 6.13. The molecule has 1 N–H and O–H groups in total. The van der Waals surface area contributed by atoms with E-state index < -0.39 is 5.72 Å². The Balaban J connectivity index is 2.07. The van der Waals surface area contributed by atoms with E-state index in [1.807, 2.05) is 42.5 Å². The van der Waals surface area contributed by atoms with Crippen LogP contribution in [0.15, 0.2) is 59.6 Å². The van der Waals surface area contributed by atoms with Crippen LogP contribution in [-0.4, -0.2) is 39.7 Å². The van der Waals surface area contributed by atoms with Gasteiger partial charge in [0.05, 0.1) is 5.92 Å². The summed E-state index contributed by atoms with van der Waals surface area (Å²) < 4.78 is 0. The first-order chi connectivity index (χ1) is 12.6. The van der Waals surface area contributed by atoms with Gasteiger partial charge in [-0.15, -0.1) is 0 Å². The smallest absolute Gasteiger partial charge is 0.161 e. The van der Waals surface area contributed by atoms with Gasteiger partial charge in [0, 0.05) is 23.9 Å². The minimum absolute atomic E-state index is 0.178. The monoisotopic (exact) mass is 388 g/mol. The summed E-state index contributed by atoms with van der Waals surface area (Å²) in [6.07, 6.45) is 0.999.